The molecule has 3 nitrogen and oxygen atoms in total. The first-order chi connectivity index (χ1) is 23.2. The van der Waals surface area contributed by atoms with Crippen LogP contribution >= 0.6 is 22.6 Å². The highest BCUT2D eigenvalue weighted by Gasteiger charge is 2.20. The fourth-order valence-corrected chi connectivity index (χ4v) is 7.86. The average Bonchev–Trinajstić information content (AvgIpc) is 3.80. The number of rotatable bonds is 4. The second-order valence-corrected chi connectivity index (χ2v) is 12.9. The largest absolute Gasteiger partial charge is 0.456 e. The predicted molar refractivity (Wildman–Crippen MR) is 204 cm³/mol. The van der Waals surface area contributed by atoms with Crippen LogP contribution in [-0.4, -0.2) is 4.57 Å². The third kappa shape index (κ3) is 4.04. The second-order valence-electron chi connectivity index (χ2n) is 12.2. The Labute approximate surface area is 283 Å². The number of fused-ring (bicyclic) bond motifs is 10. The molecule has 0 N–H and O–H groups in total. The van der Waals surface area contributed by atoms with Crippen LogP contribution in [-0.2, 0) is 4.43 Å². The number of halogens is 1. The lowest BCUT2D eigenvalue weighted by molar-refractivity contribution is 0.663. The lowest BCUT2D eigenvalue weighted by atomic mass is 9.97. The molecule has 47 heavy (non-hydrogen) atoms. The van der Waals surface area contributed by atoms with Gasteiger partial charge in [0.15, 0.2) is 0 Å². The second kappa shape index (κ2) is 10.3. The quantitative estimate of drug-likeness (QED) is 0.134. The van der Waals surface area contributed by atoms with Crippen molar-refractivity contribution < 1.29 is 8.83 Å². The van der Waals surface area contributed by atoms with Crippen LogP contribution < -0.4 is 0 Å². The Balaban J connectivity index is 1.26. The summed E-state index contributed by atoms with van der Waals surface area (Å²) in [5, 5.41) is 6.88. The molecule has 222 valence electrons. The first-order valence-corrected chi connectivity index (χ1v) is 17.3. The van der Waals surface area contributed by atoms with E-state index in [1.54, 1.807) is 0 Å². The summed E-state index contributed by atoms with van der Waals surface area (Å²) in [5.74, 6) is 0. The number of alkyl halides is 1. The van der Waals surface area contributed by atoms with Crippen molar-refractivity contribution in [3.8, 4) is 27.9 Å². The summed E-state index contributed by atoms with van der Waals surface area (Å²) in [5.41, 5.74) is 13.0. The fraction of sp³-hybridized carbons (Fsp3) is 0.0233. The van der Waals surface area contributed by atoms with E-state index in [-0.39, 0.29) is 0 Å². The Morgan fingerprint density at radius 1 is 0.447 bits per heavy atom. The van der Waals surface area contributed by atoms with Crippen molar-refractivity contribution in [3.05, 3.63) is 151 Å². The topological polar surface area (TPSA) is 31.2 Å². The van der Waals surface area contributed by atoms with Crippen molar-refractivity contribution >= 4 is 88.3 Å². The molecule has 0 saturated heterocycles. The van der Waals surface area contributed by atoms with Crippen molar-refractivity contribution in [2.24, 2.45) is 0 Å². The maximum absolute atomic E-state index is 6.50. The van der Waals surface area contributed by atoms with Gasteiger partial charge in [0.25, 0.3) is 0 Å². The van der Waals surface area contributed by atoms with Gasteiger partial charge in [-0.1, -0.05) is 108 Å². The summed E-state index contributed by atoms with van der Waals surface area (Å²) in [6, 6.07) is 52.0. The Hall–Kier alpha value is -5.33. The molecule has 3 heterocycles. The van der Waals surface area contributed by atoms with Gasteiger partial charge in [-0.25, -0.2) is 0 Å². The minimum absolute atomic E-state index is 0.862. The molecule has 0 radical (unpaired) electrons. The number of hydrogen-bond donors (Lipinski definition) is 0. The molecule has 3 aromatic heterocycles. The Morgan fingerprint density at radius 3 is 1.64 bits per heavy atom. The molecule has 0 aliphatic heterocycles. The van der Waals surface area contributed by atoms with Crippen LogP contribution in [0.5, 0.6) is 0 Å². The van der Waals surface area contributed by atoms with Crippen LogP contribution in [0.15, 0.2) is 154 Å². The number of benzene rings is 7. The highest BCUT2D eigenvalue weighted by Crippen LogP contribution is 2.43. The van der Waals surface area contributed by atoms with E-state index in [1.807, 2.05) is 12.1 Å². The van der Waals surface area contributed by atoms with Crippen LogP contribution in [0.4, 0.5) is 0 Å². The summed E-state index contributed by atoms with van der Waals surface area (Å²) in [6.45, 7) is 0. The zero-order valence-electron chi connectivity index (χ0n) is 25.2. The standard InChI is InChI=1S/C43H26INO2/c44-25-26-14-17-37(45-35-12-6-4-10-30(35)31-11-5-7-13-36(31)45)32(22-26)29-16-19-39-34(24-29)43-41(47-39)21-20-40-42(43)33-23-28(15-18-38(33)46-40)27-8-2-1-3-9-27/h1-24H,25H2. The lowest BCUT2D eigenvalue weighted by Crippen LogP contribution is -1.98. The van der Waals surface area contributed by atoms with Gasteiger partial charge in [-0.2, -0.15) is 0 Å². The van der Waals surface area contributed by atoms with Gasteiger partial charge in [-0.3, -0.25) is 0 Å². The first-order valence-electron chi connectivity index (χ1n) is 15.8. The lowest BCUT2D eigenvalue weighted by Gasteiger charge is -2.15. The molecule has 0 aliphatic rings. The van der Waals surface area contributed by atoms with Crippen molar-refractivity contribution in [2.45, 2.75) is 4.43 Å². The molecule has 0 fully saturated rings. The zero-order chi connectivity index (χ0) is 31.1. The normalized spacial score (nSPS) is 12.0. The van der Waals surface area contributed by atoms with Crippen LogP contribution in [0, 0.1) is 0 Å². The molecule has 0 saturated carbocycles. The SMILES string of the molecule is ICc1ccc(-n2c3ccccc3c3ccccc32)c(-c2ccc3oc4ccc5oc6ccc(-c7ccccc7)cc6c5c4c3c2)c1. The smallest absolute Gasteiger partial charge is 0.136 e. The molecule has 7 aromatic carbocycles. The highest BCUT2D eigenvalue weighted by molar-refractivity contribution is 14.1. The van der Waals surface area contributed by atoms with Crippen LogP contribution in [0.1, 0.15) is 5.56 Å². The van der Waals surface area contributed by atoms with Gasteiger partial charge in [0.05, 0.1) is 16.7 Å². The van der Waals surface area contributed by atoms with E-state index in [1.165, 1.54) is 38.5 Å². The molecular formula is C43H26INO2. The van der Waals surface area contributed by atoms with E-state index in [4.69, 9.17) is 8.83 Å². The Morgan fingerprint density at radius 2 is 1.00 bits per heavy atom. The Bertz CT molecular complexity index is 2780. The van der Waals surface area contributed by atoms with Crippen molar-refractivity contribution in [2.75, 3.05) is 0 Å². The summed E-state index contributed by atoms with van der Waals surface area (Å²) in [6.07, 6.45) is 0. The van der Waals surface area contributed by atoms with Gasteiger partial charge in [0.1, 0.15) is 22.3 Å². The van der Waals surface area contributed by atoms with E-state index in [0.29, 0.717) is 0 Å². The summed E-state index contributed by atoms with van der Waals surface area (Å²) in [7, 11) is 0. The molecule has 0 unspecified atom stereocenters. The van der Waals surface area contributed by atoms with E-state index >= 15 is 0 Å². The van der Waals surface area contributed by atoms with E-state index < -0.39 is 0 Å². The minimum atomic E-state index is 0.862. The number of furan rings is 2. The third-order valence-electron chi connectivity index (χ3n) is 9.52. The summed E-state index contributed by atoms with van der Waals surface area (Å²) < 4.78 is 16.3. The molecule has 0 aliphatic carbocycles. The number of hydrogen-bond acceptors (Lipinski definition) is 2. The van der Waals surface area contributed by atoms with Gasteiger partial charge < -0.3 is 13.4 Å². The molecular weight excluding hydrogens is 689 g/mol. The number of para-hydroxylation sites is 2. The van der Waals surface area contributed by atoms with Gasteiger partial charge in [-0.15, -0.1) is 0 Å². The highest BCUT2D eigenvalue weighted by atomic mass is 127. The third-order valence-corrected chi connectivity index (χ3v) is 10.4. The first kappa shape index (κ1) is 26.8. The van der Waals surface area contributed by atoms with Gasteiger partial charge in [-0.05, 0) is 82.9 Å². The Kier molecular flexibility index (Phi) is 5.91. The van der Waals surface area contributed by atoms with Crippen LogP contribution in [0.2, 0.25) is 0 Å². The van der Waals surface area contributed by atoms with Gasteiger partial charge in [0.2, 0.25) is 0 Å². The summed E-state index contributed by atoms with van der Waals surface area (Å²) in [4.78, 5) is 0. The van der Waals surface area contributed by atoms with Crippen molar-refractivity contribution in [3.63, 3.8) is 0 Å². The van der Waals surface area contributed by atoms with E-state index in [2.05, 4.69) is 161 Å². The maximum Gasteiger partial charge on any atom is 0.136 e. The zero-order valence-corrected chi connectivity index (χ0v) is 27.4. The molecule has 10 rings (SSSR count). The van der Waals surface area contributed by atoms with Gasteiger partial charge >= 0.3 is 0 Å². The molecule has 0 spiro atoms. The molecule has 0 bridgehead atoms. The predicted octanol–water partition coefficient (Wildman–Crippen LogP) is 12.9. The van der Waals surface area contributed by atoms with Crippen molar-refractivity contribution in [1.82, 2.24) is 4.57 Å². The molecule has 0 amide bonds. The fourth-order valence-electron chi connectivity index (χ4n) is 7.39. The molecule has 0 atom stereocenters. The van der Waals surface area contributed by atoms with E-state index in [0.717, 1.165) is 65.1 Å². The summed E-state index contributed by atoms with van der Waals surface area (Å²) >= 11 is 2.46. The van der Waals surface area contributed by atoms with Crippen LogP contribution in [0.3, 0.4) is 0 Å². The van der Waals surface area contributed by atoms with Crippen molar-refractivity contribution in [1.29, 1.82) is 0 Å². The molecule has 10 aromatic rings. The maximum atomic E-state index is 6.50. The number of aromatic nitrogens is 1. The average molecular weight is 716 g/mol. The van der Waals surface area contributed by atoms with Gasteiger partial charge in [0, 0.05) is 42.3 Å². The van der Waals surface area contributed by atoms with E-state index in [9.17, 15) is 0 Å². The monoisotopic (exact) mass is 715 g/mol. The number of nitrogens with zero attached hydrogens (tertiary/aromatic N) is 1. The molecule has 4 heteroatoms. The minimum Gasteiger partial charge on any atom is -0.456 e. The van der Waals surface area contributed by atoms with Crippen LogP contribution in [0.25, 0.3) is 93.6 Å².